The number of ether oxygens (including phenoxy) is 2. The first-order chi connectivity index (χ1) is 15.1. The second-order valence-corrected chi connectivity index (χ2v) is 8.04. The maximum Gasteiger partial charge on any atom is 0.230 e. The van der Waals surface area contributed by atoms with Crippen molar-refractivity contribution >= 4 is 28.8 Å². The first-order valence-corrected chi connectivity index (χ1v) is 10.8. The fraction of sp³-hybridized carbons (Fsp3) is 0.417. The molecule has 4 rings (SSSR count). The summed E-state index contributed by atoms with van der Waals surface area (Å²) in [6, 6.07) is 10.2. The van der Waals surface area contributed by atoms with Crippen LogP contribution in [0, 0.1) is 5.92 Å². The van der Waals surface area contributed by atoms with Gasteiger partial charge in [-0.2, -0.15) is 0 Å². The van der Waals surface area contributed by atoms with Gasteiger partial charge in [-0.25, -0.2) is 4.98 Å². The molecule has 1 fully saturated rings. The summed E-state index contributed by atoms with van der Waals surface area (Å²) in [5, 5.41) is 3.43. The Bertz CT molecular complexity index is 956. The first kappa shape index (κ1) is 21.2. The number of benzene rings is 1. The van der Waals surface area contributed by atoms with Gasteiger partial charge >= 0.3 is 0 Å². The van der Waals surface area contributed by atoms with Crippen LogP contribution in [0.1, 0.15) is 25.3 Å². The zero-order chi connectivity index (χ0) is 21.8. The van der Waals surface area contributed by atoms with E-state index in [4.69, 9.17) is 9.47 Å². The number of methoxy groups -OCH3 is 1. The number of hydrogen-bond donors (Lipinski definition) is 1. The van der Waals surface area contributed by atoms with Gasteiger partial charge in [0.15, 0.2) is 0 Å². The summed E-state index contributed by atoms with van der Waals surface area (Å²) < 4.78 is 10.7. The predicted octanol–water partition coefficient (Wildman–Crippen LogP) is 4.08. The molecule has 2 aromatic rings. The number of pyridine rings is 1. The zero-order valence-electron chi connectivity index (χ0n) is 18.3. The molecule has 0 aliphatic carbocycles. The van der Waals surface area contributed by atoms with Gasteiger partial charge in [-0.05, 0) is 30.7 Å². The summed E-state index contributed by atoms with van der Waals surface area (Å²) in [5.74, 6) is 1.41. The Hall–Kier alpha value is -3.06. The highest BCUT2D eigenvalue weighted by atomic mass is 16.5. The third-order valence-corrected chi connectivity index (χ3v) is 5.95. The monoisotopic (exact) mass is 422 g/mol. The Balaban J connectivity index is 1.67. The van der Waals surface area contributed by atoms with Crippen molar-refractivity contribution in [3.05, 3.63) is 54.4 Å². The minimum Gasteiger partial charge on any atom is -0.502 e. The summed E-state index contributed by atoms with van der Waals surface area (Å²) in [4.78, 5) is 22.3. The average Bonchev–Trinajstić information content (AvgIpc) is 2.98. The Kier molecular flexibility index (Phi) is 6.42. The smallest absolute Gasteiger partial charge is 0.230 e. The van der Waals surface area contributed by atoms with Gasteiger partial charge in [0.2, 0.25) is 5.91 Å². The van der Waals surface area contributed by atoms with Crippen LogP contribution in [0.2, 0.25) is 0 Å². The number of carbonyl (C=O) groups is 1. The lowest BCUT2D eigenvalue weighted by molar-refractivity contribution is -0.122. The quantitative estimate of drug-likeness (QED) is 0.708. The van der Waals surface area contributed by atoms with Gasteiger partial charge in [0, 0.05) is 42.9 Å². The number of nitrogens with one attached hydrogen (secondary N) is 1. The van der Waals surface area contributed by atoms with E-state index in [-0.39, 0.29) is 11.8 Å². The molecule has 7 nitrogen and oxygen atoms in total. The van der Waals surface area contributed by atoms with Gasteiger partial charge in [0.05, 0.1) is 44.0 Å². The number of allylic oxidation sites excluding steroid dienone is 1. The van der Waals surface area contributed by atoms with E-state index in [2.05, 4.69) is 33.9 Å². The second kappa shape index (κ2) is 9.39. The number of fused-ring (bicyclic) bond motifs is 2. The Morgan fingerprint density at radius 2 is 2.13 bits per heavy atom. The summed E-state index contributed by atoms with van der Waals surface area (Å²) in [7, 11) is 1.61. The third-order valence-electron chi connectivity index (χ3n) is 5.95. The lowest BCUT2D eigenvalue weighted by atomic mass is 10.0. The van der Waals surface area contributed by atoms with Crippen LogP contribution < -0.4 is 15.1 Å². The molecule has 1 unspecified atom stereocenters. The van der Waals surface area contributed by atoms with E-state index < -0.39 is 0 Å². The van der Waals surface area contributed by atoms with Crippen LogP contribution in [-0.4, -0.2) is 44.3 Å². The maximum atomic E-state index is 13.6. The number of anilines is 4. The normalized spacial score (nSPS) is 16.5. The molecule has 1 aromatic heterocycles. The molecule has 1 saturated heterocycles. The van der Waals surface area contributed by atoms with Crippen molar-refractivity contribution in [3.63, 3.8) is 0 Å². The van der Waals surface area contributed by atoms with Crippen LogP contribution in [0.5, 0.6) is 0 Å². The van der Waals surface area contributed by atoms with Crippen LogP contribution >= 0.6 is 0 Å². The molecule has 0 bridgehead atoms. The lowest BCUT2D eigenvalue weighted by Gasteiger charge is -2.31. The molecule has 2 aliphatic heterocycles. The second-order valence-electron chi connectivity index (χ2n) is 8.04. The fourth-order valence-electron chi connectivity index (χ4n) is 3.99. The van der Waals surface area contributed by atoms with Gasteiger partial charge in [-0.1, -0.05) is 19.6 Å². The summed E-state index contributed by atoms with van der Waals surface area (Å²) >= 11 is 0. The molecule has 3 heterocycles. The number of aromatic nitrogens is 1. The molecule has 2 aliphatic rings. The number of morpholine rings is 1. The highest BCUT2D eigenvalue weighted by molar-refractivity contribution is 6.00. The summed E-state index contributed by atoms with van der Waals surface area (Å²) in [6.07, 6.45) is 3.12. The van der Waals surface area contributed by atoms with Crippen molar-refractivity contribution in [2.45, 2.75) is 26.3 Å². The number of amides is 1. The van der Waals surface area contributed by atoms with Crippen LogP contribution in [0.4, 0.5) is 22.9 Å². The SMILES string of the molecule is C=C(CCC(C)C(=O)N1Cc2cccnc2Nc2ccc(N3CCOCC3)cc21)OC. The standard InChI is InChI=1S/C24H30N4O3/c1-17(6-7-18(2)30-3)24(29)28-16-19-5-4-10-25-23(19)26-21-9-8-20(15-22(21)28)27-11-13-31-14-12-27/h4-5,8-10,15,17H,2,6-7,11-14,16H2,1,3H3,(H,25,26). The molecule has 0 radical (unpaired) electrons. The van der Waals surface area contributed by atoms with E-state index in [0.29, 0.717) is 38.4 Å². The highest BCUT2D eigenvalue weighted by Crippen LogP contribution is 2.38. The zero-order valence-corrected chi connectivity index (χ0v) is 18.3. The number of carbonyl (C=O) groups excluding carboxylic acids is 1. The Morgan fingerprint density at radius 1 is 1.32 bits per heavy atom. The van der Waals surface area contributed by atoms with Gasteiger partial charge < -0.3 is 24.6 Å². The van der Waals surface area contributed by atoms with E-state index in [1.54, 1.807) is 13.3 Å². The predicted molar refractivity (Wildman–Crippen MR) is 123 cm³/mol. The molecular formula is C24H30N4O3. The minimum atomic E-state index is -0.162. The van der Waals surface area contributed by atoms with Gasteiger partial charge in [-0.15, -0.1) is 0 Å². The fourth-order valence-corrected chi connectivity index (χ4v) is 3.99. The first-order valence-electron chi connectivity index (χ1n) is 10.8. The Labute approximate surface area is 183 Å². The molecular weight excluding hydrogens is 392 g/mol. The molecule has 1 atom stereocenters. The molecule has 1 aromatic carbocycles. The number of hydrogen-bond acceptors (Lipinski definition) is 6. The van der Waals surface area contributed by atoms with Crippen LogP contribution in [0.25, 0.3) is 0 Å². The summed E-state index contributed by atoms with van der Waals surface area (Å²) in [5.41, 5.74) is 3.86. The van der Waals surface area contributed by atoms with Crippen LogP contribution in [0.15, 0.2) is 48.9 Å². The van der Waals surface area contributed by atoms with Crippen molar-refractivity contribution in [2.75, 3.05) is 48.5 Å². The average molecular weight is 423 g/mol. The minimum absolute atomic E-state index is 0.0859. The van der Waals surface area contributed by atoms with E-state index in [1.807, 2.05) is 30.0 Å². The third kappa shape index (κ3) is 4.66. The molecule has 1 amide bonds. The number of rotatable bonds is 6. The molecule has 7 heteroatoms. The molecule has 0 spiro atoms. The topological polar surface area (TPSA) is 66.9 Å². The van der Waals surface area contributed by atoms with Crippen molar-refractivity contribution in [2.24, 2.45) is 5.92 Å². The van der Waals surface area contributed by atoms with Crippen LogP contribution in [0.3, 0.4) is 0 Å². The van der Waals surface area contributed by atoms with Crippen molar-refractivity contribution in [1.29, 1.82) is 0 Å². The Morgan fingerprint density at radius 3 is 2.90 bits per heavy atom. The number of nitrogens with zero attached hydrogens (tertiary/aromatic N) is 3. The molecule has 164 valence electrons. The van der Waals surface area contributed by atoms with Crippen LogP contribution in [-0.2, 0) is 20.8 Å². The molecule has 1 N–H and O–H groups in total. The van der Waals surface area contributed by atoms with Crippen molar-refractivity contribution in [3.8, 4) is 0 Å². The van der Waals surface area contributed by atoms with E-state index in [1.165, 1.54) is 0 Å². The largest absolute Gasteiger partial charge is 0.502 e. The van der Waals surface area contributed by atoms with Gasteiger partial charge in [0.1, 0.15) is 5.82 Å². The van der Waals surface area contributed by atoms with Gasteiger partial charge in [-0.3, -0.25) is 4.79 Å². The van der Waals surface area contributed by atoms with E-state index in [9.17, 15) is 4.79 Å². The van der Waals surface area contributed by atoms with Gasteiger partial charge in [0.25, 0.3) is 0 Å². The lowest BCUT2D eigenvalue weighted by Crippen LogP contribution is -2.37. The van der Waals surface area contributed by atoms with E-state index >= 15 is 0 Å². The van der Waals surface area contributed by atoms with Crippen molar-refractivity contribution in [1.82, 2.24) is 4.98 Å². The maximum absolute atomic E-state index is 13.6. The highest BCUT2D eigenvalue weighted by Gasteiger charge is 2.28. The van der Waals surface area contributed by atoms with Crippen molar-refractivity contribution < 1.29 is 14.3 Å². The van der Waals surface area contributed by atoms with E-state index in [0.717, 1.165) is 41.5 Å². The molecule has 0 saturated carbocycles. The molecule has 31 heavy (non-hydrogen) atoms. The summed E-state index contributed by atoms with van der Waals surface area (Å²) in [6.45, 7) is 9.45.